The topological polar surface area (TPSA) is 59.0 Å². The number of carbonyl (C=O) groups excluding carboxylic acids is 1. The summed E-state index contributed by atoms with van der Waals surface area (Å²) in [5.41, 5.74) is -0.508. The first-order valence-corrected chi connectivity index (χ1v) is 6.28. The maximum atomic E-state index is 12.0. The molecule has 0 spiro atoms. The summed E-state index contributed by atoms with van der Waals surface area (Å²) in [6.45, 7) is 6.16. The Morgan fingerprint density at radius 3 is 2.61 bits per heavy atom. The Bertz CT molecular complexity index is 319. The fourth-order valence-electron chi connectivity index (χ4n) is 1.91. The van der Waals surface area contributed by atoms with Gasteiger partial charge in [0.1, 0.15) is 5.60 Å². The van der Waals surface area contributed by atoms with Gasteiger partial charge in [0, 0.05) is 12.6 Å². The maximum absolute atomic E-state index is 12.0. The van der Waals surface area contributed by atoms with Crippen LogP contribution in [-0.2, 0) is 9.47 Å². The fourth-order valence-corrected chi connectivity index (χ4v) is 1.91. The highest BCUT2D eigenvalue weighted by Gasteiger charge is 2.29. The quantitative estimate of drug-likeness (QED) is 0.773. The molecule has 1 rings (SSSR count). The van der Waals surface area contributed by atoms with E-state index in [1.165, 1.54) is 7.11 Å². The molecule has 1 fully saturated rings. The van der Waals surface area contributed by atoms with Crippen molar-refractivity contribution < 1.29 is 19.4 Å². The van der Waals surface area contributed by atoms with E-state index < -0.39 is 5.60 Å². The van der Waals surface area contributed by atoms with Crippen LogP contribution in [0.15, 0.2) is 12.0 Å². The van der Waals surface area contributed by atoms with E-state index in [9.17, 15) is 9.90 Å². The number of piperidine rings is 1. The Hall–Kier alpha value is -1.39. The average Bonchev–Trinajstić information content (AvgIpc) is 2.27. The van der Waals surface area contributed by atoms with Crippen LogP contribution in [0.4, 0.5) is 4.79 Å². The zero-order valence-electron chi connectivity index (χ0n) is 11.6. The Morgan fingerprint density at radius 2 is 2.06 bits per heavy atom. The van der Waals surface area contributed by atoms with Crippen molar-refractivity contribution in [3.8, 4) is 0 Å². The molecule has 0 saturated carbocycles. The smallest absolute Gasteiger partial charge is 0.410 e. The highest BCUT2D eigenvalue weighted by Crippen LogP contribution is 2.21. The van der Waals surface area contributed by atoms with E-state index >= 15 is 0 Å². The van der Waals surface area contributed by atoms with Gasteiger partial charge in [0.25, 0.3) is 5.95 Å². The zero-order valence-corrected chi connectivity index (χ0v) is 11.6. The number of nitrogens with zero attached hydrogens (tertiary/aromatic N) is 1. The van der Waals surface area contributed by atoms with Gasteiger partial charge in [-0.05, 0) is 40.0 Å². The van der Waals surface area contributed by atoms with Crippen LogP contribution in [-0.4, -0.2) is 41.4 Å². The van der Waals surface area contributed by atoms with Gasteiger partial charge in [0.05, 0.1) is 13.2 Å². The third-order valence-corrected chi connectivity index (χ3v) is 2.72. The summed E-state index contributed by atoms with van der Waals surface area (Å²) >= 11 is 0. The number of rotatable bonds is 2. The summed E-state index contributed by atoms with van der Waals surface area (Å²) in [6, 6.07) is -0.159. The first-order valence-electron chi connectivity index (χ1n) is 6.28. The van der Waals surface area contributed by atoms with Crippen LogP contribution in [0.1, 0.15) is 40.0 Å². The molecule has 0 aromatic heterocycles. The molecule has 5 nitrogen and oxygen atoms in total. The predicted octanol–water partition coefficient (Wildman–Crippen LogP) is 2.82. The van der Waals surface area contributed by atoms with Crippen LogP contribution in [0.2, 0.25) is 0 Å². The first-order chi connectivity index (χ1) is 8.33. The van der Waals surface area contributed by atoms with Crippen molar-refractivity contribution in [1.29, 1.82) is 0 Å². The van der Waals surface area contributed by atoms with Crippen LogP contribution in [0.3, 0.4) is 0 Å². The van der Waals surface area contributed by atoms with Crippen LogP contribution >= 0.6 is 0 Å². The fraction of sp³-hybridized carbons (Fsp3) is 0.769. The van der Waals surface area contributed by atoms with E-state index in [1.54, 1.807) is 11.0 Å². The monoisotopic (exact) mass is 257 g/mol. The van der Waals surface area contributed by atoms with Crippen molar-refractivity contribution in [3.05, 3.63) is 12.0 Å². The maximum Gasteiger partial charge on any atom is 0.410 e. The molecule has 0 bridgehead atoms. The van der Waals surface area contributed by atoms with Gasteiger partial charge >= 0.3 is 6.09 Å². The van der Waals surface area contributed by atoms with Gasteiger partial charge in [-0.25, -0.2) is 4.79 Å². The van der Waals surface area contributed by atoms with Crippen molar-refractivity contribution in [2.45, 2.75) is 51.7 Å². The summed E-state index contributed by atoms with van der Waals surface area (Å²) in [4.78, 5) is 13.7. The number of aliphatic hydroxyl groups is 1. The van der Waals surface area contributed by atoms with Crippen molar-refractivity contribution in [2.24, 2.45) is 0 Å². The number of likely N-dealkylation sites (tertiary alicyclic amines) is 1. The molecule has 1 heterocycles. The summed E-state index contributed by atoms with van der Waals surface area (Å²) < 4.78 is 10.1. The SMILES string of the molecule is CO/C(O)=C/[C@@H]1CCCCN1C(=O)OC(C)(C)C. The molecule has 5 heteroatoms. The molecule has 0 aliphatic carbocycles. The summed E-state index contributed by atoms with van der Waals surface area (Å²) in [5, 5.41) is 9.40. The largest absolute Gasteiger partial charge is 0.481 e. The summed E-state index contributed by atoms with van der Waals surface area (Å²) in [6.07, 6.45) is 4.01. The lowest BCUT2D eigenvalue weighted by molar-refractivity contribution is 0.0139. The van der Waals surface area contributed by atoms with Crippen LogP contribution in [0, 0.1) is 0 Å². The van der Waals surface area contributed by atoms with Crippen molar-refractivity contribution in [1.82, 2.24) is 4.90 Å². The third-order valence-electron chi connectivity index (χ3n) is 2.72. The molecule has 1 N–H and O–H groups in total. The number of carbonyl (C=O) groups is 1. The van der Waals surface area contributed by atoms with E-state index in [4.69, 9.17) is 9.47 Å². The van der Waals surface area contributed by atoms with Crippen molar-refractivity contribution in [3.63, 3.8) is 0 Å². The molecule has 0 unspecified atom stereocenters. The lowest BCUT2D eigenvalue weighted by atomic mass is 10.0. The minimum Gasteiger partial charge on any atom is -0.481 e. The molecule has 1 aliphatic heterocycles. The molecule has 1 atom stereocenters. The number of aliphatic hydroxyl groups excluding tert-OH is 1. The highest BCUT2D eigenvalue weighted by molar-refractivity contribution is 5.69. The van der Waals surface area contributed by atoms with Crippen molar-refractivity contribution >= 4 is 6.09 Å². The van der Waals surface area contributed by atoms with Gasteiger partial charge in [-0.15, -0.1) is 0 Å². The minimum atomic E-state index is -0.508. The number of amides is 1. The molecule has 104 valence electrons. The average molecular weight is 257 g/mol. The molecule has 0 aromatic carbocycles. The minimum absolute atomic E-state index is 0.157. The number of methoxy groups -OCH3 is 1. The number of hydrogen-bond donors (Lipinski definition) is 1. The molecule has 0 radical (unpaired) electrons. The van der Waals surface area contributed by atoms with Gasteiger partial charge in [-0.3, -0.25) is 0 Å². The van der Waals surface area contributed by atoms with Gasteiger partial charge in [0.15, 0.2) is 0 Å². The lowest BCUT2D eigenvalue weighted by Gasteiger charge is -2.35. The normalized spacial score (nSPS) is 21.7. The molecule has 1 aliphatic rings. The molecular formula is C13H23NO4. The van der Waals surface area contributed by atoms with E-state index in [-0.39, 0.29) is 18.1 Å². The second kappa shape index (κ2) is 5.98. The third kappa shape index (κ3) is 4.47. The Kier molecular flexibility index (Phi) is 4.87. The lowest BCUT2D eigenvalue weighted by Crippen LogP contribution is -2.45. The molecule has 0 aromatic rings. The first kappa shape index (κ1) is 14.7. The molecular weight excluding hydrogens is 234 g/mol. The zero-order chi connectivity index (χ0) is 13.8. The molecule has 18 heavy (non-hydrogen) atoms. The van der Waals surface area contributed by atoms with Crippen LogP contribution < -0.4 is 0 Å². The van der Waals surface area contributed by atoms with Crippen LogP contribution in [0.5, 0.6) is 0 Å². The standard InChI is InChI=1S/C13H23NO4/c1-13(2,3)18-12(16)14-8-6-5-7-10(14)9-11(15)17-4/h9-10,15H,5-8H2,1-4H3/b11-9+/t10-/m0/s1. The predicted molar refractivity (Wildman–Crippen MR) is 68.3 cm³/mol. The van der Waals surface area contributed by atoms with E-state index in [2.05, 4.69) is 0 Å². The van der Waals surface area contributed by atoms with Gasteiger partial charge in [-0.2, -0.15) is 0 Å². The number of ether oxygens (including phenoxy) is 2. The molecule has 1 amide bonds. The van der Waals surface area contributed by atoms with E-state index in [0.717, 1.165) is 19.3 Å². The molecule has 1 saturated heterocycles. The van der Waals surface area contributed by atoms with Gasteiger partial charge < -0.3 is 19.5 Å². The van der Waals surface area contributed by atoms with E-state index in [1.807, 2.05) is 20.8 Å². The summed E-state index contributed by atoms with van der Waals surface area (Å²) in [5.74, 6) is -0.157. The van der Waals surface area contributed by atoms with E-state index in [0.29, 0.717) is 6.54 Å². The summed E-state index contributed by atoms with van der Waals surface area (Å²) in [7, 11) is 1.40. The van der Waals surface area contributed by atoms with Gasteiger partial charge in [0.2, 0.25) is 0 Å². The second-order valence-electron chi connectivity index (χ2n) is 5.45. The van der Waals surface area contributed by atoms with Gasteiger partial charge in [-0.1, -0.05) is 0 Å². The number of hydrogen-bond acceptors (Lipinski definition) is 4. The highest BCUT2D eigenvalue weighted by atomic mass is 16.6. The van der Waals surface area contributed by atoms with Crippen LogP contribution in [0.25, 0.3) is 0 Å². The Labute approximate surface area is 108 Å². The Morgan fingerprint density at radius 1 is 1.39 bits per heavy atom. The Balaban J connectivity index is 2.73. The second-order valence-corrected chi connectivity index (χ2v) is 5.45. The van der Waals surface area contributed by atoms with Crippen molar-refractivity contribution in [2.75, 3.05) is 13.7 Å².